The van der Waals surface area contributed by atoms with Crippen molar-refractivity contribution in [3.8, 4) is 11.3 Å². The molecule has 0 aliphatic rings. The van der Waals surface area contributed by atoms with Crippen molar-refractivity contribution in [3.63, 3.8) is 0 Å². The molecular formula is C10H11N3S. The number of rotatable bonds is 2. The van der Waals surface area contributed by atoms with Crippen molar-refractivity contribution in [3.05, 3.63) is 34.4 Å². The molecule has 14 heavy (non-hydrogen) atoms. The van der Waals surface area contributed by atoms with Gasteiger partial charge in [0.2, 0.25) is 0 Å². The standard InChI is InChI=1S/C10H11N3S/c1-7-13-10(9(5-11)14-7)8-3-2-4-12-6-8/h2-4,6H,5,11H2,1H3. The van der Waals surface area contributed by atoms with Crippen LogP contribution >= 0.6 is 11.3 Å². The van der Waals surface area contributed by atoms with E-state index in [2.05, 4.69) is 9.97 Å². The number of hydrogen-bond acceptors (Lipinski definition) is 4. The summed E-state index contributed by atoms with van der Waals surface area (Å²) in [6, 6.07) is 3.91. The van der Waals surface area contributed by atoms with Crippen LogP contribution in [0.1, 0.15) is 9.88 Å². The third-order valence-electron chi connectivity index (χ3n) is 1.92. The lowest BCUT2D eigenvalue weighted by Crippen LogP contribution is -1.95. The maximum absolute atomic E-state index is 5.65. The Labute approximate surface area is 86.6 Å². The molecule has 0 radical (unpaired) electrons. The Balaban J connectivity index is 2.51. The van der Waals surface area contributed by atoms with Crippen molar-refractivity contribution < 1.29 is 0 Å². The van der Waals surface area contributed by atoms with Crippen LogP contribution in [-0.4, -0.2) is 9.97 Å². The number of aryl methyl sites for hydroxylation is 1. The summed E-state index contributed by atoms with van der Waals surface area (Å²) in [5.41, 5.74) is 7.67. The van der Waals surface area contributed by atoms with Gasteiger partial charge in [-0.1, -0.05) is 0 Å². The summed E-state index contributed by atoms with van der Waals surface area (Å²) in [4.78, 5) is 9.64. The quantitative estimate of drug-likeness (QED) is 0.815. The molecule has 0 saturated heterocycles. The summed E-state index contributed by atoms with van der Waals surface area (Å²) >= 11 is 1.65. The van der Waals surface area contributed by atoms with Crippen LogP contribution in [0.5, 0.6) is 0 Å². The fourth-order valence-electron chi connectivity index (χ4n) is 1.34. The molecule has 72 valence electrons. The van der Waals surface area contributed by atoms with Crippen LogP contribution in [0.25, 0.3) is 11.3 Å². The average Bonchev–Trinajstić information content (AvgIpc) is 2.61. The molecule has 0 fully saturated rings. The molecule has 0 amide bonds. The second-order valence-electron chi connectivity index (χ2n) is 2.95. The minimum Gasteiger partial charge on any atom is -0.326 e. The van der Waals surface area contributed by atoms with Crippen LogP contribution in [0.2, 0.25) is 0 Å². The van der Waals surface area contributed by atoms with Gasteiger partial charge >= 0.3 is 0 Å². The fourth-order valence-corrected chi connectivity index (χ4v) is 2.17. The highest BCUT2D eigenvalue weighted by Gasteiger charge is 2.09. The highest BCUT2D eigenvalue weighted by atomic mass is 32.1. The van der Waals surface area contributed by atoms with Gasteiger partial charge in [0.1, 0.15) is 0 Å². The lowest BCUT2D eigenvalue weighted by molar-refractivity contribution is 1.09. The van der Waals surface area contributed by atoms with Gasteiger partial charge in [-0.05, 0) is 19.1 Å². The molecule has 0 saturated carbocycles. The molecule has 2 rings (SSSR count). The van der Waals surface area contributed by atoms with Gasteiger partial charge in [-0.2, -0.15) is 0 Å². The molecule has 2 aromatic heterocycles. The van der Waals surface area contributed by atoms with E-state index in [1.165, 1.54) is 0 Å². The maximum Gasteiger partial charge on any atom is 0.0905 e. The second-order valence-corrected chi connectivity index (χ2v) is 4.24. The third-order valence-corrected chi connectivity index (χ3v) is 2.92. The van der Waals surface area contributed by atoms with Crippen molar-refractivity contribution in [2.75, 3.05) is 0 Å². The minimum atomic E-state index is 0.537. The van der Waals surface area contributed by atoms with Crippen LogP contribution < -0.4 is 5.73 Å². The van der Waals surface area contributed by atoms with Gasteiger partial charge in [-0.3, -0.25) is 4.98 Å². The van der Waals surface area contributed by atoms with Crippen molar-refractivity contribution in [1.82, 2.24) is 9.97 Å². The fraction of sp³-hybridized carbons (Fsp3) is 0.200. The predicted molar refractivity (Wildman–Crippen MR) is 58.0 cm³/mol. The van der Waals surface area contributed by atoms with E-state index in [4.69, 9.17) is 5.73 Å². The monoisotopic (exact) mass is 205 g/mol. The largest absolute Gasteiger partial charge is 0.326 e. The number of hydrogen-bond donors (Lipinski definition) is 1. The summed E-state index contributed by atoms with van der Waals surface area (Å²) in [5, 5.41) is 1.05. The Bertz CT molecular complexity index is 422. The molecular weight excluding hydrogens is 194 g/mol. The summed E-state index contributed by atoms with van der Waals surface area (Å²) < 4.78 is 0. The number of nitrogens with zero attached hydrogens (tertiary/aromatic N) is 2. The molecule has 4 heteroatoms. The zero-order valence-corrected chi connectivity index (χ0v) is 8.71. The van der Waals surface area contributed by atoms with Crippen molar-refractivity contribution in [2.24, 2.45) is 5.73 Å². The molecule has 0 bridgehead atoms. The van der Waals surface area contributed by atoms with Gasteiger partial charge in [0, 0.05) is 29.4 Å². The third kappa shape index (κ3) is 1.66. The van der Waals surface area contributed by atoms with Crippen LogP contribution in [0, 0.1) is 6.92 Å². The first-order valence-electron chi connectivity index (χ1n) is 4.38. The lowest BCUT2D eigenvalue weighted by atomic mass is 10.2. The van der Waals surface area contributed by atoms with Gasteiger partial charge in [-0.25, -0.2) is 4.98 Å². The zero-order chi connectivity index (χ0) is 9.97. The minimum absolute atomic E-state index is 0.537. The Morgan fingerprint density at radius 3 is 3.00 bits per heavy atom. The average molecular weight is 205 g/mol. The van der Waals surface area contributed by atoms with Gasteiger partial charge < -0.3 is 5.73 Å². The van der Waals surface area contributed by atoms with Crippen LogP contribution in [0.15, 0.2) is 24.5 Å². The van der Waals surface area contributed by atoms with E-state index < -0.39 is 0 Å². The van der Waals surface area contributed by atoms with Gasteiger partial charge in [0.05, 0.1) is 10.7 Å². The zero-order valence-electron chi connectivity index (χ0n) is 7.90. The SMILES string of the molecule is Cc1nc(-c2cccnc2)c(CN)s1. The summed E-state index contributed by atoms with van der Waals surface area (Å²) in [5.74, 6) is 0. The van der Waals surface area contributed by atoms with Crippen LogP contribution in [-0.2, 0) is 6.54 Å². The Morgan fingerprint density at radius 2 is 2.36 bits per heavy atom. The topological polar surface area (TPSA) is 51.8 Å². The van der Waals surface area contributed by atoms with Crippen molar-refractivity contribution >= 4 is 11.3 Å². The molecule has 0 aliphatic heterocycles. The number of nitrogens with two attached hydrogens (primary N) is 1. The molecule has 2 heterocycles. The molecule has 0 aliphatic carbocycles. The molecule has 0 atom stereocenters. The predicted octanol–water partition coefficient (Wildman–Crippen LogP) is 1.97. The van der Waals surface area contributed by atoms with E-state index in [0.29, 0.717) is 6.54 Å². The smallest absolute Gasteiger partial charge is 0.0905 e. The van der Waals surface area contributed by atoms with Crippen LogP contribution in [0.4, 0.5) is 0 Å². The Hall–Kier alpha value is -1.26. The molecule has 0 spiro atoms. The Morgan fingerprint density at radius 1 is 1.50 bits per heavy atom. The molecule has 2 N–H and O–H groups in total. The first-order valence-corrected chi connectivity index (χ1v) is 5.19. The second kappa shape index (κ2) is 3.86. The highest BCUT2D eigenvalue weighted by Crippen LogP contribution is 2.26. The molecule has 0 aromatic carbocycles. The number of aromatic nitrogens is 2. The highest BCUT2D eigenvalue weighted by molar-refractivity contribution is 7.12. The van der Waals surface area contributed by atoms with Crippen molar-refractivity contribution in [1.29, 1.82) is 0 Å². The number of thiazole rings is 1. The number of pyridine rings is 1. The molecule has 0 unspecified atom stereocenters. The van der Waals surface area contributed by atoms with Crippen LogP contribution in [0.3, 0.4) is 0 Å². The van der Waals surface area contributed by atoms with Crippen molar-refractivity contribution in [2.45, 2.75) is 13.5 Å². The molecule has 2 aromatic rings. The van der Waals surface area contributed by atoms with Gasteiger partial charge in [0.15, 0.2) is 0 Å². The van der Waals surface area contributed by atoms with E-state index in [9.17, 15) is 0 Å². The Kier molecular flexibility index (Phi) is 2.56. The maximum atomic E-state index is 5.65. The lowest BCUT2D eigenvalue weighted by Gasteiger charge is -1.97. The van der Waals surface area contributed by atoms with E-state index in [1.54, 1.807) is 17.5 Å². The van der Waals surface area contributed by atoms with E-state index in [0.717, 1.165) is 21.1 Å². The normalized spacial score (nSPS) is 10.4. The van der Waals surface area contributed by atoms with E-state index >= 15 is 0 Å². The first-order chi connectivity index (χ1) is 6.81. The van der Waals surface area contributed by atoms with Gasteiger partial charge in [-0.15, -0.1) is 11.3 Å². The summed E-state index contributed by atoms with van der Waals surface area (Å²) in [6.45, 7) is 2.53. The summed E-state index contributed by atoms with van der Waals surface area (Å²) in [7, 11) is 0. The van der Waals surface area contributed by atoms with E-state index in [1.807, 2.05) is 25.3 Å². The molecule has 3 nitrogen and oxygen atoms in total. The summed E-state index contributed by atoms with van der Waals surface area (Å²) in [6.07, 6.45) is 3.57. The van der Waals surface area contributed by atoms with Gasteiger partial charge in [0.25, 0.3) is 0 Å². The van der Waals surface area contributed by atoms with E-state index in [-0.39, 0.29) is 0 Å². The first kappa shape index (κ1) is 9.30.